The number of aromatic nitrogens is 1. The van der Waals surface area contributed by atoms with Crippen molar-refractivity contribution in [2.24, 2.45) is 0 Å². The summed E-state index contributed by atoms with van der Waals surface area (Å²) in [6.45, 7) is 5.00. The molecule has 0 bridgehead atoms. The largest absolute Gasteiger partial charge is 0.368 e. The summed E-state index contributed by atoms with van der Waals surface area (Å²) in [7, 11) is 3.96. The number of rotatable bonds is 6. The molecule has 1 aliphatic rings. The second-order valence-corrected chi connectivity index (χ2v) is 7.35. The number of nitrogens with one attached hydrogen (secondary N) is 1. The third-order valence-electron chi connectivity index (χ3n) is 4.64. The fourth-order valence-corrected chi connectivity index (χ4v) is 3.30. The number of hydrogen-bond donors (Lipinski definition) is 1. The van der Waals surface area contributed by atoms with Crippen molar-refractivity contribution >= 4 is 28.9 Å². The van der Waals surface area contributed by atoms with Gasteiger partial charge in [-0.25, -0.2) is 0 Å². The summed E-state index contributed by atoms with van der Waals surface area (Å²) in [4.78, 5) is 23.2. The molecule has 0 atom stereocenters. The van der Waals surface area contributed by atoms with E-state index in [4.69, 9.17) is 11.6 Å². The van der Waals surface area contributed by atoms with E-state index < -0.39 is 0 Å². The molecule has 0 spiro atoms. The monoisotopic (exact) mass is 387 g/mol. The molecule has 1 aromatic carbocycles. The summed E-state index contributed by atoms with van der Waals surface area (Å²) < 4.78 is 0. The van der Waals surface area contributed by atoms with Gasteiger partial charge in [0.1, 0.15) is 5.69 Å². The lowest BCUT2D eigenvalue weighted by molar-refractivity contribution is 0.0946. The number of carbonyl (C=O) groups excluding carboxylic acids is 1. The van der Waals surface area contributed by atoms with Crippen molar-refractivity contribution in [3.05, 3.63) is 53.3 Å². The number of benzene rings is 1. The number of piperazine rings is 1. The van der Waals surface area contributed by atoms with Crippen molar-refractivity contribution < 1.29 is 4.79 Å². The van der Waals surface area contributed by atoms with Crippen LogP contribution in [0.2, 0.25) is 5.02 Å². The molecule has 1 saturated heterocycles. The molecule has 0 radical (unpaired) electrons. The Hall–Kier alpha value is -2.31. The number of carbonyl (C=O) groups is 1. The van der Waals surface area contributed by atoms with Gasteiger partial charge in [-0.1, -0.05) is 17.7 Å². The van der Waals surface area contributed by atoms with Crippen molar-refractivity contribution in [3.8, 4) is 0 Å². The van der Waals surface area contributed by atoms with E-state index in [1.807, 2.05) is 49.3 Å². The van der Waals surface area contributed by atoms with E-state index in [2.05, 4.69) is 26.2 Å². The average Bonchev–Trinajstić information content (AvgIpc) is 2.68. The predicted octanol–water partition coefficient (Wildman–Crippen LogP) is 2.35. The van der Waals surface area contributed by atoms with Crippen LogP contribution in [0.4, 0.5) is 11.4 Å². The highest BCUT2D eigenvalue weighted by molar-refractivity contribution is 6.30. The van der Waals surface area contributed by atoms with Crippen molar-refractivity contribution in [2.75, 3.05) is 63.2 Å². The summed E-state index contributed by atoms with van der Waals surface area (Å²) in [5, 5.41) is 3.67. The van der Waals surface area contributed by atoms with Gasteiger partial charge in [0.25, 0.3) is 5.91 Å². The molecule has 1 aromatic heterocycles. The molecule has 7 heteroatoms. The minimum atomic E-state index is -0.128. The standard InChI is InChI=1S/C20H26ClN5O/c1-24(2)9-8-23-20(27)19-15-18(6-7-22-19)26-12-10-25(11-13-26)17-5-3-4-16(21)14-17/h3-7,14-15H,8-13H2,1-2H3,(H,23,27). The number of hydrogen-bond acceptors (Lipinski definition) is 5. The Morgan fingerprint density at radius 2 is 1.78 bits per heavy atom. The lowest BCUT2D eigenvalue weighted by atomic mass is 10.2. The van der Waals surface area contributed by atoms with Gasteiger partial charge in [-0.05, 0) is 44.4 Å². The second-order valence-electron chi connectivity index (χ2n) is 6.91. The smallest absolute Gasteiger partial charge is 0.269 e. The SMILES string of the molecule is CN(C)CCNC(=O)c1cc(N2CCN(c3cccc(Cl)c3)CC2)ccn1. The maximum Gasteiger partial charge on any atom is 0.269 e. The highest BCUT2D eigenvalue weighted by Gasteiger charge is 2.19. The van der Waals surface area contributed by atoms with Gasteiger partial charge in [-0.2, -0.15) is 0 Å². The molecular weight excluding hydrogens is 362 g/mol. The van der Waals surface area contributed by atoms with Crippen LogP contribution in [0, 0.1) is 0 Å². The molecule has 0 saturated carbocycles. The van der Waals surface area contributed by atoms with Crippen LogP contribution in [0.25, 0.3) is 0 Å². The van der Waals surface area contributed by atoms with Crippen LogP contribution in [-0.2, 0) is 0 Å². The van der Waals surface area contributed by atoms with Crippen LogP contribution < -0.4 is 15.1 Å². The summed E-state index contributed by atoms with van der Waals surface area (Å²) in [6, 6.07) is 11.8. The van der Waals surface area contributed by atoms with E-state index in [9.17, 15) is 4.79 Å². The molecule has 2 heterocycles. The third-order valence-corrected chi connectivity index (χ3v) is 4.87. The molecule has 3 rings (SSSR count). The van der Waals surface area contributed by atoms with Gasteiger partial charge in [0, 0.05) is 61.9 Å². The molecule has 0 aliphatic carbocycles. The molecule has 1 fully saturated rings. The first-order valence-corrected chi connectivity index (χ1v) is 9.55. The van der Waals surface area contributed by atoms with Crippen molar-refractivity contribution in [1.29, 1.82) is 0 Å². The van der Waals surface area contributed by atoms with Crippen LogP contribution in [0.1, 0.15) is 10.5 Å². The molecule has 1 aliphatic heterocycles. The number of amides is 1. The lowest BCUT2D eigenvalue weighted by Crippen LogP contribution is -2.46. The average molecular weight is 388 g/mol. The van der Waals surface area contributed by atoms with Crippen molar-refractivity contribution in [1.82, 2.24) is 15.2 Å². The normalized spacial score (nSPS) is 14.5. The molecule has 2 aromatic rings. The third kappa shape index (κ3) is 5.34. The molecular formula is C20H26ClN5O. The van der Waals surface area contributed by atoms with Gasteiger partial charge in [0.2, 0.25) is 0 Å². The number of pyridine rings is 1. The number of anilines is 2. The molecule has 144 valence electrons. The zero-order valence-corrected chi connectivity index (χ0v) is 16.6. The Kier molecular flexibility index (Phi) is 6.53. The quantitative estimate of drug-likeness (QED) is 0.824. The van der Waals surface area contributed by atoms with Gasteiger partial charge in [0.15, 0.2) is 0 Å². The minimum absolute atomic E-state index is 0.128. The molecule has 1 amide bonds. The molecule has 27 heavy (non-hydrogen) atoms. The summed E-state index contributed by atoms with van der Waals surface area (Å²) in [5.41, 5.74) is 2.65. The van der Waals surface area contributed by atoms with Gasteiger partial charge < -0.3 is 20.0 Å². The minimum Gasteiger partial charge on any atom is -0.368 e. The molecule has 6 nitrogen and oxygen atoms in total. The number of likely N-dealkylation sites (N-methyl/N-ethyl adjacent to an activating group) is 1. The zero-order chi connectivity index (χ0) is 19.2. The van der Waals surface area contributed by atoms with Crippen LogP contribution in [0.3, 0.4) is 0 Å². The Morgan fingerprint density at radius 3 is 2.41 bits per heavy atom. The maximum absolute atomic E-state index is 12.3. The second kappa shape index (κ2) is 9.06. The Morgan fingerprint density at radius 1 is 1.11 bits per heavy atom. The van der Waals surface area contributed by atoms with Crippen LogP contribution in [-0.4, -0.2) is 69.2 Å². The van der Waals surface area contributed by atoms with Gasteiger partial charge in [-0.15, -0.1) is 0 Å². The molecule has 1 N–H and O–H groups in total. The van der Waals surface area contributed by atoms with Gasteiger partial charge in [-0.3, -0.25) is 9.78 Å². The fraction of sp³-hybridized carbons (Fsp3) is 0.400. The highest BCUT2D eigenvalue weighted by atomic mass is 35.5. The van der Waals surface area contributed by atoms with Gasteiger partial charge in [0.05, 0.1) is 0 Å². The Bertz CT molecular complexity index is 774. The van der Waals surface area contributed by atoms with E-state index in [0.717, 1.165) is 49.1 Å². The van der Waals surface area contributed by atoms with E-state index in [-0.39, 0.29) is 5.91 Å². The highest BCUT2D eigenvalue weighted by Crippen LogP contribution is 2.23. The Balaban J connectivity index is 1.59. The fourth-order valence-electron chi connectivity index (χ4n) is 3.12. The maximum atomic E-state index is 12.3. The Labute approximate surface area is 165 Å². The summed E-state index contributed by atoms with van der Waals surface area (Å²) in [5.74, 6) is -0.128. The summed E-state index contributed by atoms with van der Waals surface area (Å²) in [6.07, 6.45) is 1.71. The van der Waals surface area contributed by atoms with Crippen LogP contribution in [0.15, 0.2) is 42.6 Å². The predicted molar refractivity (Wildman–Crippen MR) is 111 cm³/mol. The van der Waals surface area contributed by atoms with Crippen LogP contribution in [0.5, 0.6) is 0 Å². The topological polar surface area (TPSA) is 51.7 Å². The summed E-state index contributed by atoms with van der Waals surface area (Å²) >= 11 is 6.10. The van der Waals surface area contributed by atoms with Crippen molar-refractivity contribution in [3.63, 3.8) is 0 Å². The van der Waals surface area contributed by atoms with E-state index >= 15 is 0 Å². The van der Waals surface area contributed by atoms with Gasteiger partial charge >= 0.3 is 0 Å². The van der Waals surface area contributed by atoms with Crippen LogP contribution >= 0.6 is 11.6 Å². The lowest BCUT2D eigenvalue weighted by Gasteiger charge is -2.37. The van der Waals surface area contributed by atoms with E-state index in [1.165, 1.54) is 0 Å². The number of nitrogens with zero attached hydrogens (tertiary/aromatic N) is 4. The first-order chi connectivity index (χ1) is 13.0. The first kappa shape index (κ1) is 19.5. The first-order valence-electron chi connectivity index (χ1n) is 9.17. The molecule has 0 unspecified atom stereocenters. The van der Waals surface area contributed by atoms with Crippen molar-refractivity contribution in [2.45, 2.75) is 0 Å². The zero-order valence-electron chi connectivity index (χ0n) is 15.9. The van der Waals surface area contributed by atoms with E-state index in [1.54, 1.807) is 6.20 Å². The van der Waals surface area contributed by atoms with E-state index in [0.29, 0.717) is 12.2 Å². The number of halogens is 1.